The molecular formula is C33H42Cl2N10O5. The molecule has 15 nitrogen and oxygen atoms in total. The van der Waals surface area contributed by atoms with Gasteiger partial charge in [0, 0.05) is 42.5 Å². The van der Waals surface area contributed by atoms with Crippen molar-refractivity contribution in [2.45, 2.75) is 44.8 Å². The van der Waals surface area contributed by atoms with Gasteiger partial charge < -0.3 is 36.3 Å². The average Bonchev–Trinajstić information content (AvgIpc) is 3.76. The second-order valence-electron chi connectivity index (χ2n) is 11.5. The molecule has 0 spiro atoms. The van der Waals surface area contributed by atoms with Crippen LogP contribution in [0.25, 0.3) is 11.4 Å². The summed E-state index contributed by atoms with van der Waals surface area (Å²) >= 11 is 0. The molecule has 2 aromatic heterocycles. The predicted octanol–water partition coefficient (Wildman–Crippen LogP) is 1.81. The number of aromatic amines is 1. The van der Waals surface area contributed by atoms with Crippen LogP contribution in [-0.2, 0) is 27.3 Å². The molecule has 50 heavy (non-hydrogen) atoms. The molecule has 268 valence electrons. The normalized spacial score (nSPS) is 16.8. The van der Waals surface area contributed by atoms with Crippen LogP contribution in [0.1, 0.15) is 47.7 Å². The lowest BCUT2D eigenvalue weighted by molar-refractivity contribution is -0.136. The van der Waals surface area contributed by atoms with Gasteiger partial charge in [-0.25, -0.2) is 14.6 Å². The third kappa shape index (κ3) is 11.0. The summed E-state index contributed by atoms with van der Waals surface area (Å²) in [6.07, 6.45) is 4.33. The van der Waals surface area contributed by atoms with E-state index in [1.807, 2.05) is 30.3 Å². The molecule has 0 aliphatic carbocycles. The van der Waals surface area contributed by atoms with Crippen molar-refractivity contribution in [3.8, 4) is 17.1 Å². The maximum Gasteiger partial charge on any atom is 0.252 e. The van der Waals surface area contributed by atoms with Crippen LogP contribution in [-0.4, -0.2) is 92.1 Å². The fourth-order valence-electron chi connectivity index (χ4n) is 5.18. The van der Waals surface area contributed by atoms with E-state index in [9.17, 15) is 19.2 Å². The van der Waals surface area contributed by atoms with Crippen LogP contribution in [0.4, 0.5) is 0 Å². The van der Waals surface area contributed by atoms with E-state index in [4.69, 9.17) is 10.5 Å². The van der Waals surface area contributed by atoms with Crippen LogP contribution in [0.2, 0.25) is 0 Å². The van der Waals surface area contributed by atoms with Crippen LogP contribution in [0, 0.1) is 0 Å². The number of hydrogen-bond donors (Lipinski definition) is 5. The lowest BCUT2D eigenvalue weighted by atomic mass is 10.1. The maximum absolute atomic E-state index is 13.6. The standard InChI is InChI=1S/C33H40N10O5.2ClH/c1-22(34)31-40-30(23-8-3-2-4-9-23)41-43(31)20-29(45)42-14-6-5-12-37-33(47)27(17-25-18-35-21-38-25)39-32(46)24-10-7-11-26(16-24)48-15-13-36-28(44)19-42;;/h2-4,7-11,16,18,21-22,27H,5-6,12-15,17,19-20,34H2,1H3,(H,35,38)(H,36,44)(H,37,47)(H,39,46);2*1H/t22-,27-;;/m0../s1. The summed E-state index contributed by atoms with van der Waals surface area (Å²) in [4.78, 5) is 66.0. The van der Waals surface area contributed by atoms with Gasteiger partial charge in [-0.2, -0.15) is 5.10 Å². The number of rotatable bonds is 6. The number of benzene rings is 2. The van der Waals surface area contributed by atoms with Gasteiger partial charge in [0.2, 0.25) is 17.7 Å². The van der Waals surface area contributed by atoms with Crippen LogP contribution >= 0.6 is 24.8 Å². The Bertz CT molecular complexity index is 1700. The molecule has 5 rings (SSSR count). The number of carbonyl (C=O) groups excluding carboxylic acids is 4. The Balaban J connectivity index is 0.00000338. The first-order chi connectivity index (χ1) is 23.3. The quantitative estimate of drug-likeness (QED) is 0.196. The molecule has 2 aromatic carbocycles. The van der Waals surface area contributed by atoms with Crippen LogP contribution in [0.15, 0.2) is 67.1 Å². The van der Waals surface area contributed by atoms with E-state index in [2.05, 4.69) is 36.0 Å². The fraction of sp³-hybridized carbons (Fsp3) is 0.364. The minimum atomic E-state index is -0.868. The van der Waals surface area contributed by atoms with Crippen LogP contribution < -0.4 is 26.4 Å². The van der Waals surface area contributed by atoms with Gasteiger partial charge >= 0.3 is 0 Å². The summed E-state index contributed by atoms with van der Waals surface area (Å²) in [5, 5.41) is 13.1. The Morgan fingerprint density at radius 1 is 1.02 bits per heavy atom. The lowest BCUT2D eigenvalue weighted by Gasteiger charge is -2.23. The number of hydrogen-bond acceptors (Lipinski definition) is 9. The first-order valence-corrected chi connectivity index (χ1v) is 15.9. The lowest BCUT2D eigenvalue weighted by Crippen LogP contribution is -2.48. The molecule has 2 bridgehead atoms. The summed E-state index contributed by atoms with van der Waals surface area (Å²) in [7, 11) is 0. The third-order valence-corrected chi connectivity index (χ3v) is 7.66. The molecule has 1 aliphatic rings. The van der Waals surface area contributed by atoms with Gasteiger partial charge in [-0.05, 0) is 38.0 Å². The largest absolute Gasteiger partial charge is 0.492 e. The zero-order valence-electron chi connectivity index (χ0n) is 27.5. The molecule has 0 unspecified atom stereocenters. The minimum Gasteiger partial charge on any atom is -0.492 e. The van der Waals surface area contributed by atoms with Crippen molar-refractivity contribution in [3.63, 3.8) is 0 Å². The van der Waals surface area contributed by atoms with Crippen LogP contribution in [0.3, 0.4) is 0 Å². The van der Waals surface area contributed by atoms with E-state index in [0.29, 0.717) is 48.0 Å². The number of carbonyl (C=O) groups is 4. The smallest absolute Gasteiger partial charge is 0.252 e. The van der Waals surface area contributed by atoms with E-state index in [-0.39, 0.29) is 81.7 Å². The number of fused-ring (bicyclic) bond motifs is 2. The number of halogens is 2. The summed E-state index contributed by atoms with van der Waals surface area (Å²) < 4.78 is 7.26. The minimum absolute atomic E-state index is 0. The SMILES string of the molecule is C[C@H](N)c1nc(-c2ccccc2)nn1CC(=O)N1CCCCNC(=O)[C@H](Cc2cnc[nH]2)NC(=O)c2cccc(c2)OCCNC(=O)C1.Cl.Cl. The number of aromatic nitrogens is 5. The second-order valence-corrected chi connectivity index (χ2v) is 11.5. The summed E-state index contributed by atoms with van der Waals surface area (Å²) in [6.45, 7) is 2.29. The monoisotopic (exact) mass is 728 g/mol. The molecule has 4 amide bonds. The number of amides is 4. The highest BCUT2D eigenvalue weighted by molar-refractivity contribution is 5.98. The molecule has 6 N–H and O–H groups in total. The van der Waals surface area contributed by atoms with Crippen molar-refractivity contribution in [3.05, 3.63) is 84.2 Å². The Kier molecular flexibility index (Phi) is 15.2. The van der Waals surface area contributed by atoms with Gasteiger partial charge in [0.05, 0.1) is 25.5 Å². The highest BCUT2D eigenvalue weighted by Gasteiger charge is 2.24. The van der Waals surface area contributed by atoms with Crippen LogP contribution in [0.5, 0.6) is 5.75 Å². The van der Waals surface area contributed by atoms with Crippen molar-refractivity contribution in [1.82, 2.24) is 45.6 Å². The molecule has 2 atom stereocenters. The molecule has 3 heterocycles. The van der Waals surface area contributed by atoms with Crippen molar-refractivity contribution < 1.29 is 23.9 Å². The van der Waals surface area contributed by atoms with E-state index in [1.165, 1.54) is 15.9 Å². The molecule has 0 saturated carbocycles. The number of H-pyrrole nitrogens is 1. The summed E-state index contributed by atoms with van der Waals surface area (Å²) in [6, 6.07) is 14.6. The number of nitrogens with two attached hydrogens (primary N) is 1. The van der Waals surface area contributed by atoms with Gasteiger partial charge in [0.25, 0.3) is 5.91 Å². The van der Waals surface area contributed by atoms with Gasteiger partial charge in [-0.1, -0.05) is 36.4 Å². The van der Waals surface area contributed by atoms with E-state index < -0.39 is 18.0 Å². The van der Waals surface area contributed by atoms with Crippen molar-refractivity contribution in [2.24, 2.45) is 5.73 Å². The van der Waals surface area contributed by atoms with E-state index >= 15 is 0 Å². The molecule has 4 aromatic rings. The Morgan fingerprint density at radius 2 is 1.80 bits per heavy atom. The van der Waals surface area contributed by atoms with Gasteiger partial charge in [0.1, 0.15) is 30.8 Å². The Hall–Kier alpha value is -4.99. The number of ether oxygens (including phenoxy) is 1. The molecule has 0 saturated heterocycles. The van der Waals surface area contributed by atoms with E-state index in [0.717, 1.165) is 5.56 Å². The maximum atomic E-state index is 13.6. The van der Waals surface area contributed by atoms with Gasteiger partial charge in [-0.3, -0.25) is 19.2 Å². The predicted molar refractivity (Wildman–Crippen MR) is 190 cm³/mol. The van der Waals surface area contributed by atoms with Gasteiger partial charge in [-0.15, -0.1) is 24.8 Å². The number of nitrogens with zero attached hydrogens (tertiary/aromatic N) is 5. The van der Waals surface area contributed by atoms with Crippen molar-refractivity contribution in [1.29, 1.82) is 0 Å². The Labute approximate surface area is 302 Å². The number of imidazole rings is 1. The second kappa shape index (κ2) is 19.3. The van der Waals surface area contributed by atoms with E-state index in [1.54, 1.807) is 37.4 Å². The first-order valence-electron chi connectivity index (χ1n) is 15.9. The molecule has 17 heteroatoms. The molecule has 1 aliphatic heterocycles. The first kappa shape index (κ1) is 39.4. The molecule has 0 fully saturated rings. The fourth-order valence-corrected chi connectivity index (χ4v) is 5.18. The number of nitrogens with one attached hydrogen (secondary N) is 4. The van der Waals surface area contributed by atoms with Gasteiger partial charge in [0.15, 0.2) is 5.82 Å². The summed E-state index contributed by atoms with van der Waals surface area (Å²) in [5.74, 6) is -0.160. The molecular weight excluding hydrogens is 687 g/mol. The highest BCUT2D eigenvalue weighted by Crippen LogP contribution is 2.18. The summed E-state index contributed by atoms with van der Waals surface area (Å²) in [5.41, 5.74) is 7.98. The highest BCUT2D eigenvalue weighted by atomic mass is 35.5. The average molecular weight is 730 g/mol. The Morgan fingerprint density at radius 3 is 2.54 bits per heavy atom. The molecule has 0 radical (unpaired) electrons. The zero-order valence-corrected chi connectivity index (χ0v) is 29.2. The third-order valence-electron chi connectivity index (χ3n) is 7.66. The van der Waals surface area contributed by atoms with Crippen molar-refractivity contribution in [2.75, 3.05) is 32.8 Å². The zero-order chi connectivity index (χ0) is 33.9. The topological polar surface area (TPSA) is 202 Å². The van der Waals surface area contributed by atoms with Crippen molar-refractivity contribution >= 4 is 48.4 Å².